The van der Waals surface area contributed by atoms with Crippen LogP contribution in [0.1, 0.15) is 48.8 Å². The molecule has 1 aromatic rings. The van der Waals surface area contributed by atoms with Crippen LogP contribution < -0.4 is 10.6 Å². The van der Waals surface area contributed by atoms with Crippen molar-refractivity contribution in [3.05, 3.63) is 28.8 Å². The van der Waals surface area contributed by atoms with Crippen molar-refractivity contribution in [2.45, 2.75) is 58.5 Å². The number of esters is 1. The minimum Gasteiger partial charge on any atom is -0.453 e. The summed E-state index contributed by atoms with van der Waals surface area (Å²) < 4.78 is 4.92. The van der Waals surface area contributed by atoms with E-state index in [1.807, 2.05) is 32.9 Å². The maximum absolute atomic E-state index is 12.1. The molecule has 1 aliphatic rings. The lowest BCUT2D eigenvalue weighted by Crippen LogP contribution is -2.43. The van der Waals surface area contributed by atoms with Crippen molar-refractivity contribution in [3.63, 3.8) is 0 Å². The van der Waals surface area contributed by atoms with Gasteiger partial charge in [0.15, 0.2) is 12.2 Å². The number of carbonyl (C=O) groups is 3. The molecule has 0 bridgehead atoms. The van der Waals surface area contributed by atoms with Crippen LogP contribution in [-0.4, -0.2) is 41.6 Å². The SMILES string of the molecule is Cc1cc(C)c(NC(=O)CNC(=O)COC(=O)C2(O)CCCCC2)c(C)c1. The van der Waals surface area contributed by atoms with Crippen LogP contribution in [-0.2, 0) is 19.1 Å². The minimum atomic E-state index is -1.49. The standard InChI is InChI=1S/C20H28N2O5/c1-13-9-14(2)18(15(3)10-13)22-16(23)11-21-17(24)12-27-19(25)20(26)7-5-4-6-8-20/h9-10,26H,4-8,11-12H2,1-3H3,(H,21,24)(H,22,23). The quantitative estimate of drug-likeness (QED) is 0.658. The van der Waals surface area contributed by atoms with E-state index in [1.165, 1.54) is 0 Å². The summed E-state index contributed by atoms with van der Waals surface area (Å²) in [4.78, 5) is 35.9. The maximum Gasteiger partial charge on any atom is 0.338 e. The molecule has 0 unspecified atom stereocenters. The third-order valence-corrected chi connectivity index (χ3v) is 4.78. The van der Waals surface area contributed by atoms with E-state index in [9.17, 15) is 19.5 Å². The van der Waals surface area contributed by atoms with Gasteiger partial charge in [-0.1, -0.05) is 24.1 Å². The zero-order valence-electron chi connectivity index (χ0n) is 16.2. The molecule has 1 fully saturated rings. The second kappa shape index (κ2) is 8.99. The summed E-state index contributed by atoms with van der Waals surface area (Å²) in [6, 6.07) is 3.94. The number of hydrogen-bond acceptors (Lipinski definition) is 5. The zero-order valence-corrected chi connectivity index (χ0v) is 16.2. The van der Waals surface area contributed by atoms with E-state index in [2.05, 4.69) is 10.6 Å². The van der Waals surface area contributed by atoms with Crippen LogP contribution in [0.25, 0.3) is 0 Å². The predicted octanol–water partition coefficient (Wildman–Crippen LogP) is 1.90. The molecule has 0 spiro atoms. The Morgan fingerprint density at radius 3 is 2.22 bits per heavy atom. The Balaban J connectivity index is 1.77. The van der Waals surface area contributed by atoms with E-state index in [0.717, 1.165) is 41.6 Å². The lowest BCUT2D eigenvalue weighted by molar-refractivity contribution is -0.170. The normalized spacial score (nSPS) is 15.7. The fourth-order valence-corrected chi connectivity index (χ4v) is 3.40. The molecule has 2 rings (SSSR count). The number of hydrogen-bond donors (Lipinski definition) is 3. The first-order valence-corrected chi connectivity index (χ1v) is 9.25. The lowest BCUT2D eigenvalue weighted by atomic mass is 9.85. The summed E-state index contributed by atoms with van der Waals surface area (Å²) >= 11 is 0. The van der Waals surface area contributed by atoms with Gasteiger partial charge >= 0.3 is 5.97 Å². The van der Waals surface area contributed by atoms with E-state index in [-0.39, 0.29) is 12.5 Å². The van der Waals surface area contributed by atoms with Crippen molar-refractivity contribution < 1.29 is 24.2 Å². The van der Waals surface area contributed by atoms with E-state index < -0.39 is 24.1 Å². The molecule has 7 nitrogen and oxygen atoms in total. The number of amides is 2. The summed E-state index contributed by atoms with van der Waals surface area (Å²) in [7, 11) is 0. The van der Waals surface area contributed by atoms with Gasteiger partial charge in [-0.05, 0) is 57.6 Å². The van der Waals surface area contributed by atoms with E-state index in [0.29, 0.717) is 12.8 Å². The van der Waals surface area contributed by atoms with Gasteiger partial charge < -0.3 is 20.5 Å². The molecule has 3 N–H and O–H groups in total. The van der Waals surface area contributed by atoms with Gasteiger partial charge in [-0.15, -0.1) is 0 Å². The molecule has 1 aliphatic carbocycles. The monoisotopic (exact) mass is 376 g/mol. The Bertz CT molecular complexity index is 700. The van der Waals surface area contributed by atoms with E-state index in [1.54, 1.807) is 0 Å². The molecule has 0 heterocycles. The Morgan fingerprint density at radius 1 is 1.04 bits per heavy atom. The number of rotatable bonds is 6. The highest BCUT2D eigenvalue weighted by Gasteiger charge is 2.38. The van der Waals surface area contributed by atoms with Crippen molar-refractivity contribution in [1.82, 2.24) is 5.32 Å². The number of ether oxygens (including phenoxy) is 1. The predicted molar refractivity (Wildman–Crippen MR) is 101 cm³/mol. The lowest BCUT2D eigenvalue weighted by Gasteiger charge is -2.29. The molecular formula is C20H28N2O5. The van der Waals surface area contributed by atoms with Crippen molar-refractivity contribution in [2.75, 3.05) is 18.5 Å². The summed E-state index contributed by atoms with van der Waals surface area (Å²) in [5, 5.41) is 15.4. The van der Waals surface area contributed by atoms with Crippen LogP contribution in [0.4, 0.5) is 5.69 Å². The van der Waals surface area contributed by atoms with Crippen molar-refractivity contribution in [2.24, 2.45) is 0 Å². The largest absolute Gasteiger partial charge is 0.453 e. The highest BCUT2D eigenvalue weighted by Crippen LogP contribution is 2.29. The summed E-state index contributed by atoms with van der Waals surface area (Å²) in [5.41, 5.74) is 2.24. The molecule has 2 amide bonds. The Morgan fingerprint density at radius 2 is 1.63 bits per heavy atom. The fourth-order valence-electron chi connectivity index (χ4n) is 3.40. The van der Waals surface area contributed by atoms with Crippen LogP contribution in [0.2, 0.25) is 0 Å². The first-order chi connectivity index (χ1) is 12.7. The molecule has 1 aromatic carbocycles. The molecule has 27 heavy (non-hydrogen) atoms. The smallest absolute Gasteiger partial charge is 0.338 e. The number of benzene rings is 1. The number of aliphatic hydroxyl groups is 1. The van der Waals surface area contributed by atoms with Crippen molar-refractivity contribution >= 4 is 23.5 Å². The number of nitrogens with one attached hydrogen (secondary N) is 2. The molecule has 7 heteroatoms. The average molecular weight is 376 g/mol. The topological polar surface area (TPSA) is 105 Å². The minimum absolute atomic E-state index is 0.229. The van der Waals surface area contributed by atoms with Crippen LogP contribution >= 0.6 is 0 Å². The number of carbonyl (C=O) groups excluding carboxylic acids is 3. The Hall–Kier alpha value is -2.41. The highest BCUT2D eigenvalue weighted by molar-refractivity contribution is 5.96. The molecule has 0 radical (unpaired) electrons. The van der Waals surface area contributed by atoms with Crippen molar-refractivity contribution in [3.8, 4) is 0 Å². The summed E-state index contributed by atoms with van der Waals surface area (Å²) in [6.07, 6.45) is 3.20. The molecular weight excluding hydrogens is 348 g/mol. The highest BCUT2D eigenvalue weighted by atomic mass is 16.6. The zero-order chi connectivity index (χ0) is 20.0. The van der Waals surface area contributed by atoms with Gasteiger partial charge in [0.25, 0.3) is 5.91 Å². The molecule has 0 aliphatic heterocycles. The van der Waals surface area contributed by atoms with Gasteiger partial charge in [0.1, 0.15) is 0 Å². The van der Waals surface area contributed by atoms with Gasteiger partial charge in [0.05, 0.1) is 6.54 Å². The summed E-state index contributed by atoms with van der Waals surface area (Å²) in [6.45, 7) is 5.05. The molecule has 0 atom stereocenters. The van der Waals surface area contributed by atoms with Gasteiger partial charge in [0, 0.05) is 5.69 Å². The van der Waals surface area contributed by atoms with Gasteiger partial charge in [0.2, 0.25) is 5.91 Å². The van der Waals surface area contributed by atoms with Crippen LogP contribution in [0.3, 0.4) is 0 Å². The third kappa shape index (κ3) is 5.79. The van der Waals surface area contributed by atoms with Crippen LogP contribution in [0.5, 0.6) is 0 Å². The number of anilines is 1. The average Bonchev–Trinajstić information content (AvgIpc) is 2.61. The first-order valence-electron chi connectivity index (χ1n) is 9.25. The van der Waals surface area contributed by atoms with E-state index >= 15 is 0 Å². The Labute approximate surface area is 159 Å². The maximum atomic E-state index is 12.1. The molecule has 1 saturated carbocycles. The van der Waals surface area contributed by atoms with Crippen molar-refractivity contribution in [1.29, 1.82) is 0 Å². The first kappa shape index (κ1) is 20.9. The second-order valence-electron chi connectivity index (χ2n) is 7.27. The molecule has 148 valence electrons. The van der Waals surface area contributed by atoms with Crippen LogP contribution in [0, 0.1) is 20.8 Å². The Kier molecular flexibility index (Phi) is 6.96. The summed E-state index contributed by atoms with van der Waals surface area (Å²) in [5.74, 6) is -1.72. The third-order valence-electron chi connectivity index (χ3n) is 4.78. The molecule has 0 saturated heterocycles. The van der Waals surface area contributed by atoms with Gasteiger partial charge in [-0.3, -0.25) is 9.59 Å². The van der Waals surface area contributed by atoms with Crippen LogP contribution in [0.15, 0.2) is 12.1 Å². The van der Waals surface area contributed by atoms with E-state index in [4.69, 9.17) is 4.74 Å². The molecule has 0 aromatic heterocycles. The second-order valence-corrected chi connectivity index (χ2v) is 7.27. The fraction of sp³-hybridized carbons (Fsp3) is 0.550. The van der Waals surface area contributed by atoms with Gasteiger partial charge in [-0.2, -0.15) is 0 Å². The number of aryl methyl sites for hydroxylation is 3. The van der Waals surface area contributed by atoms with Gasteiger partial charge in [-0.25, -0.2) is 4.79 Å².